The molecule has 2 aromatic carbocycles. The van der Waals surface area contributed by atoms with Crippen LogP contribution in [-0.2, 0) is 0 Å². The van der Waals surface area contributed by atoms with Crippen LogP contribution in [0.2, 0.25) is 0 Å². The highest BCUT2D eigenvalue weighted by Crippen LogP contribution is 2.14. The molecule has 7 heteroatoms. The molecule has 0 radical (unpaired) electrons. The van der Waals surface area contributed by atoms with Gasteiger partial charge in [0, 0.05) is 22.6 Å². The number of rotatable bonds is 5. The van der Waals surface area contributed by atoms with E-state index in [4.69, 9.17) is 0 Å². The van der Waals surface area contributed by atoms with Crippen molar-refractivity contribution in [2.24, 2.45) is 5.10 Å². The van der Waals surface area contributed by atoms with Gasteiger partial charge in [-0.1, -0.05) is 18.2 Å². The summed E-state index contributed by atoms with van der Waals surface area (Å²) < 4.78 is 0. The molecule has 0 aliphatic carbocycles. The first-order valence-corrected chi connectivity index (χ1v) is 7.54. The molecule has 112 valence electrons. The van der Waals surface area contributed by atoms with E-state index in [9.17, 15) is 14.9 Å². The number of carbonyl (C=O) groups is 1. The van der Waals surface area contributed by atoms with Gasteiger partial charge in [-0.25, -0.2) is 5.43 Å². The maximum Gasteiger partial charge on any atom is 0.271 e. The van der Waals surface area contributed by atoms with E-state index < -0.39 is 10.8 Å². The summed E-state index contributed by atoms with van der Waals surface area (Å²) in [6.07, 6.45) is 3.50. The number of carbonyl (C=O) groups excluding carboxylic acids is 1. The van der Waals surface area contributed by atoms with Gasteiger partial charge in [-0.2, -0.15) is 5.10 Å². The Kier molecular flexibility index (Phi) is 5.26. The molecule has 0 spiro atoms. The maximum atomic E-state index is 11.9. The van der Waals surface area contributed by atoms with Crippen LogP contribution >= 0.6 is 11.8 Å². The van der Waals surface area contributed by atoms with E-state index in [0.717, 1.165) is 10.5 Å². The third-order valence-corrected chi connectivity index (χ3v) is 3.56. The minimum absolute atomic E-state index is 0.135. The fourth-order valence-corrected chi connectivity index (χ4v) is 2.09. The molecular formula is C15H13N3O3S. The summed E-state index contributed by atoms with van der Waals surface area (Å²) >= 11 is 1.64. The Bertz CT molecular complexity index is 714. The molecule has 0 unspecified atom stereocenters. The van der Waals surface area contributed by atoms with Crippen molar-refractivity contribution in [3.8, 4) is 0 Å². The van der Waals surface area contributed by atoms with E-state index in [-0.39, 0.29) is 11.3 Å². The average molecular weight is 315 g/mol. The third-order valence-electron chi connectivity index (χ3n) is 2.81. The monoisotopic (exact) mass is 315 g/mol. The smallest absolute Gasteiger partial charge is 0.267 e. The SMILES string of the molecule is CSc1ccc(C=NNC(=O)c2cccc([N+](=O)[O-])c2)cc1. The zero-order valence-electron chi connectivity index (χ0n) is 11.7. The highest BCUT2D eigenvalue weighted by Gasteiger charge is 2.10. The summed E-state index contributed by atoms with van der Waals surface area (Å²) in [6, 6.07) is 13.2. The summed E-state index contributed by atoms with van der Waals surface area (Å²) in [7, 11) is 0. The Labute approximate surface area is 131 Å². The van der Waals surface area contributed by atoms with E-state index in [1.807, 2.05) is 30.5 Å². The van der Waals surface area contributed by atoms with Crippen molar-refractivity contribution in [2.75, 3.05) is 6.26 Å². The highest BCUT2D eigenvalue weighted by molar-refractivity contribution is 7.98. The number of benzene rings is 2. The largest absolute Gasteiger partial charge is 0.271 e. The van der Waals surface area contributed by atoms with Gasteiger partial charge in [0.25, 0.3) is 11.6 Å². The number of amides is 1. The van der Waals surface area contributed by atoms with Gasteiger partial charge in [-0.3, -0.25) is 14.9 Å². The van der Waals surface area contributed by atoms with Crippen molar-refractivity contribution in [1.29, 1.82) is 0 Å². The van der Waals surface area contributed by atoms with Crippen molar-refractivity contribution in [3.63, 3.8) is 0 Å². The fourth-order valence-electron chi connectivity index (χ4n) is 1.68. The minimum atomic E-state index is -0.548. The van der Waals surface area contributed by atoms with E-state index in [0.29, 0.717) is 0 Å². The van der Waals surface area contributed by atoms with Gasteiger partial charge in [0.1, 0.15) is 0 Å². The molecule has 2 rings (SSSR count). The second kappa shape index (κ2) is 7.37. The van der Waals surface area contributed by atoms with E-state index in [1.54, 1.807) is 11.8 Å². The normalized spacial score (nSPS) is 10.6. The topological polar surface area (TPSA) is 84.6 Å². The molecule has 2 aromatic rings. The number of hydrazone groups is 1. The zero-order valence-corrected chi connectivity index (χ0v) is 12.5. The Hall–Kier alpha value is -2.67. The van der Waals surface area contributed by atoms with Crippen LogP contribution in [0.3, 0.4) is 0 Å². The number of nitrogens with one attached hydrogen (secondary N) is 1. The molecular weight excluding hydrogens is 302 g/mol. The first-order valence-electron chi connectivity index (χ1n) is 6.32. The Morgan fingerprint density at radius 1 is 1.27 bits per heavy atom. The summed E-state index contributed by atoms with van der Waals surface area (Å²) in [5, 5.41) is 14.5. The van der Waals surface area contributed by atoms with Crippen LogP contribution in [0, 0.1) is 10.1 Å². The van der Waals surface area contributed by atoms with Crippen molar-refractivity contribution >= 4 is 29.6 Å². The second-order valence-electron chi connectivity index (χ2n) is 4.28. The molecule has 0 aliphatic rings. The number of hydrogen-bond donors (Lipinski definition) is 1. The van der Waals surface area contributed by atoms with Gasteiger partial charge in [0.05, 0.1) is 11.1 Å². The predicted molar refractivity (Wildman–Crippen MR) is 86.4 cm³/mol. The summed E-state index contributed by atoms with van der Waals surface area (Å²) in [4.78, 5) is 23.1. The average Bonchev–Trinajstić information content (AvgIpc) is 2.55. The Morgan fingerprint density at radius 2 is 2.00 bits per heavy atom. The molecule has 0 heterocycles. The minimum Gasteiger partial charge on any atom is -0.267 e. The lowest BCUT2D eigenvalue weighted by atomic mass is 10.2. The number of thioether (sulfide) groups is 1. The molecule has 0 saturated heterocycles. The van der Waals surface area contributed by atoms with Gasteiger partial charge in [-0.15, -0.1) is 11.8 Å². The number of nitro groups is 1. The molecule has 6 nitrogen and oxygen atoms in total. The second-order valence-corrected chi connectivity index (χ2v) is 5.16. The molecule has 0 bridgehead atoms. The molecule has 1 N–H and O–H groups in total. The van der Waals surface area contributed by atoms with Crippen molar-refractivity contribution < 1.29 is 9.72 Å². The van der Waals surface area contributed by atoms with Crippen molar-refractivity contribution in [3.05, 3.63) is 69.8 Å². The van der Waals surface area contributed by atoms with Gasteiger partial charge in [-0.05, 0) is 30.0 Å². The third kappa shape index (κ3) is 4.16. The number of nitrogens with zero attached hydrogens (tertiary/aromatic N) is 2. The highest BCUT2D eigenvalue weighted by atomic mass is 32.2. The molecule has 0 atom stereocenters. The van der Waals surface area contributed by atoms with Gasteiger partial charge >= 0.3 is 0 Å². The lowest BCUT2D eigenvalue weighted by Gasteiger charge is -2.00. The lowest BCUT2D eigenvalue weighted by molar-refractivity contribution is -0.384. The van der Waals surface area contributed by atoms with Crippen LogP contribution < -0.4 is 5.43 Å². The van der Waals surface area contributed by atoms with E-state index in [1.165, 1.54) is 30.5 Å². The standard InChI is InChI=1S/C15H13N3O3S/c1-22-14-7-5-11(6-8-14)10-16-17-15(19)12-3-2-4-13(9-12)18(20)21/h2-10H,1H3,(H,17,19). The Morgan fingerprint density at radius 3 is 2.64 bits per heavy atom. The maximum absolute atomic E-state index is 11.9. The lowest BCUT2D eigenvalue weighted by Crippen LogP contribution is -2.17. The predicted octanol–water partition coefficient (Wildman–Crippen LogP) is 3.08. The zero-order chi connectivity index (χ0) is 15.9. The molecule has 1 amide bonds. The van der Waals surface area contributed by atoms with E-state index >= 15 is 0 Å². The number of non-ortho nitro benzene ring substituents is 1. The summed E-state index contributed by atoms with van der Waals surface area (Å²) in [5.41, 5.74) is 3.24. The number of hydrogen-bond acceptors (Lipinski definition) is 5. The molecule has 0 saturated carbocycles. The van der Waals surface area contributed by atoms with E-state index in [2.05, 4.69) is 10.5 Å². The van der Waals surface area contributed by atoms with Crippen LogP contribution in [0.15, 0.2) is 58.5 Å². The van der Waals surface area contributed by atoms with Gasteiger partial charge < -0.3 is 0 Å². The summed E-state index contributed by atoms with van der Waals surface area (Å²) in [5.74, 6) is -0.499. The quantitative estimate of drug-likeness (QED) is 0.398. The first-order chi connectivity index (χ1) is 10.6. The molecule has 0 fully saturated rings. The first kappa shape index (κ1) is 15.7. The fraction of sp³-hybridized carbons (Fsp3) is 0.0667. The van der Waals surface area contributed by atoms with Crippen LogP contribution in [0.4, 0.5) is 5.69 Å². The molecule has 0 aliphatic heterocycles. The van der Waals surface area contributed by atoms with Crippen molar-refractivity contribution in [2.45, 2.75) is 4.90 Å². The van der Waals surface area contributed by atoms with Crippen LogP contribution in [0.25, 0.3) is 0 Å². The molecule has 22 heavy (non-hydrogen) atoms. The van der Waals surface area contributed by atoms with Crippen LogP contribution in [0.5, 0.6) is 0 Å². The van der Waals surface area contributed by atoms with Crippen LogP contribution in [0.1, 0.15) is 15.9 Å². The summed E-state index contributed by atoms with van der Waals surface area (Å²) in [6.45, 7) is 0. The van der Waals surface area contributed by atoms with Gasteiger partial charge in [0.15, 0.2) is 0 Å². The van der Waals surface area contributed by atoms with Crippen molar-refractivity contribution in [1.82, 2.24) is 5.43 Å². The number of nitro benzene ring substituents is 1. The van der Waals surface area contributed by atoms with Crippen LogP contribution in [-0.4, -0.2) is 23.3 Å². The molecule has 0 aromatic heterocycles. The van der Waals surface area contributed by atoms with Gasteiger partial charge in [0.2, 0.25) is 0 Å². The Balaban J connectivity index is 2.01.